The zero-order chi connectivity index (χ0) is 9.26. The normalized spacial score (nSPS) is 10.5. The van der Waals surface area contributed by atoms with Crippen molar-refractivity contribution in [3.05, 3.63) is 24.3 Å². The van der Waals surface area contributed by atoms with Gasteiger partial charge < -0.3 is 5.73 Å². The standard InChI is InChI=1S/C8H8N4S/c9-8(13)5-12-7-4-2-1-3-6(7)10-11-12/h1-4H,5H2,(H2,9,13). The van der Waals surface area contributed by atoms with Crippen molar-refractivity contribution in [2.45, 2.75) is 6.54 Å². The first-order valence-electron chi connectivity index (χ1n) is 3.84. The lowest BCUT2D eigenvalue weighted by atomic mass is 10.3. The molecule has 0 saturated carbocycles. The minimum Gasteiger partial charge on any atom is -0.392 e. The van der Waals surface area contributed by atoms with Gasteiger partial charge in [-0.05, 0) is 12.1 Å². The number of benzene rings is 1. The van der Waals surface area contributed by atoms with E-state index in [0.29, 0.717) is 11.5 Å². The third-order valence-electron chi connectivity index (χ3n) is 1.73. The van der Waals surface area contributed by atoms with E-state index in [1.807, 2.05) is 24.3 Å². The fraction of sp³-hybridized carbons (Fsp3) is 0.125. The summed E-state index contributed by atoms with van der Waals surface area (Å²) in [6.07, 6.45) is 0. The van der Waals surface area contributed by atoms with Crippen LogP contribution in [0.2, 0.25) is 0 Å². The number of hydrogen-bond acceptors (Lipinski definition) is 3. The topological polar surface area (TPSA) is 56.7 Å². The predicted octanol–water partition coefficient (Wildman–Crippen LogP) is 0.717. The van der Waals surface area contributed by atoms with Crippen molar-refractivity contribution in [1.82, 2.24) is 15.0 Å². The Morgan fingerprint density at radius 1 is 1.46 bits per heavy atom. The molecule has 1 heterocycles. The monoisotopic (exact) mass is 192 g/mol. The van der Waals surface area contributed by atoms with Crippen molar-refractivity contribution in [2.24, 2.45) is 5.73 Å². The van der Waals surface area contributed by atoms with Crippen LogP contribution in [0.3, 0.4) is 0 Å². The molecule has 0 amide bonds. The molecule has 0 bridgehead atoms. The Balaban J connectivity index is 2.51. The van der Waals surface area contributed by atoms with E-state index in [-0.39, 0.29) is 0 Å². The molecular weight excluding hydrogens is 184 g/mol. The van der Waals surface area contributed by atoms with E-state index >= 15 is 0 Å². The number of fused-ring (bicyclic) bond motifs is 1. The maximum atomic E-state index is 5.42. The maximum absolute atomic E-state index is 5.42. The van der Waals surface area contributed by atoms with Crippen LogP contribution in [-0.2, 0) is 6.54 Å². The molecule has 66 valence electrons. The van der Waals surface area contributed by atoms with Crippen LogP contribution in [-0.4, -0.2) is 20.0 Å². The van der Waals surface area contributed by atoms with Gasteiger partial charge in [0.05, 0.1) is 17.0 Å². The molecule has 13 heavy (non-hydrogen) atoms. The molecule has 0 fully saturated rings. The molecule has 0 aliphatic carbocycles. The van der Waals surface area contributed by atoms with E-state index in [0.717, 1.165) is 11.0 Å². The number of thiocarbonyl (C=S) groups is 1. The number of hydrogen-bond donors (Lipinski definition) is 1. The Morgan fingerprint density at radius 3 is 3.00 bits per heavy atom. The van der Waals surface area contributed by atoms with Gasteiger partial charge in [-0.15, -0.1) is 5.10 Å². The highest BCUT2D eigenvalue weighted by Gasteiger charge is 2.02. The average molecular weight is 192 g/mol. The fourth-order valence-corrected chi connectivity index (χ4v) is 1.30. The van der Waals surface area contributed by atoms with Gasteiger partial charge in [0.2, 0.25) is 0 Å². The molecule has 0 aliphatic rings. The van der Waals surface area contributed by atoms with Gasteiger partial charge in [-0.2, -0.15) is 0 Å². The SMILES string of the molecule is NC(=S)Cn1nnc2ccccc21. The lowest BCUT2D eigenvalue weighted by Crippen LogP contribution is -2.17. The molecule has 0 saturated heterocycles. The summed E-state index contributed by atoms with van der Waals surface area (Å²) >= 11 is 4.80. The number of aromatic nitrogens is 3. The first-order valence-corrected chi connectivity index (χ1v) is 4.25. The second-order valence-electron chi connectivity index (χ2n) is 2.70. The summed E-state index contributed by atoms with van der Waals surface area (Å²) in [5.41, 5.74) is 7.23. The van der Waals surface area contributed by atoms with Crippen molar-refractivity contribution in [2.75, 3.05) is 0 Å². The Labute approximate surface area is 80.3 Å². The van der Waals surface area contributed by atoms with Gasteiger partial charge in [0.1, 0.15) is 5.52 Å². The van der Waals surface area contributed by atoms with E-state index in [2.05, 4.69) is 10.3 Å². The Kier molecular flexibility index (Phi) is 1.94. The number of nitrogens with two attached hydrogens (primary N) is 1. The summed E-state index contributed by atoms with van der Waals surface area (Å²) in [4.78, 5) is 0.413. The molecule has 0 unspecified atom stereocenters. The molecule has 2 aromatic rings. The van der Waals surface area contributed by atoms with Gasteiger partial charge in [0, 0.05) is 0 Å². The second kappa shape index (κ2) is 3.10. The van der Waals surface area contributed by atoms with Gasteiger partial charge >= 0.3 is 0 Å². The third-order valence-corrected chi connectivity index (χ3v) is 1.85. The molecule has 0 aliphatic heterocycles. The minimum absolute atomic E-state index is 0.413. The van der Waals surface area contributed by atoms with Crippen LogP contribution in [0.5, 0.6) is 0 Å². The summed E-state index contributed by atoms with van der Waals surface area (Å²) in [5.74, 6) is 0. The highest BCUT2D eigenvalue weighted by Crippen LogP contribution is 2.08. The minimum atomic E-state index is 0.413. The van der Waals surface area contributed by atoms with Crippen LogP contribution in [0.4, 0.5) is 0 Å². The molecule has 1 aromatic carbocycles. The molecule has 0 atom stereocenters. The molecular formula is C8H8N4S. The highest BCUT2D eigenvalue weighted by molar-refractivity contribution is 7.80. The first-order chi connectivity index (χ1) is 6.27. The molecule has 5 heteroatoms. The Bertz CT molecular complexity index is 448. The quantitative estimate of drug-likeness (QED) is 0.712. The van der Waals surface area contributed by atoms with Gasteiger partial charge in [0.25, 0.3) is 0 Å². The highest BCUT2D eigenvalue weighted by atomic mass is 32.1. The van der Waals surface area contributed by atoms with Gasteiger partial charge in [-0.1, -0.05) is 29.6 Å². The molecule has 1 aromatic heterocycles. The van der Waals surface area contributed by atoms with E-state index in [4.69, 9.17) is 18.0 Å². The van der Waals surface area contributed by atoms with E-state index in [1.54, 1.807) is 4.68 Å². The molecule has 2 rings (SSSR count). The zero-order valence-electron chi connectivity index (χ0n) is 6.84. The first kappa shape index (κ1) is 8.12. The van der Waals surface area contributed by atoms with E-state index in [1.165, 1.54) is 0 Å². The predicted molar refractivity (Wildman–Crippen MR) is 54.3 cm³/mol. The molecule has 0 radical (unpaired) electrons. The van der Waals surface area contributed by atoms with Gasteiger partial charge in [-0.25, -0.2) is 4.68 Å². The summed E-state index contributed by atoms with van der Waals surface area (Å²) in [6.45, 7) is 0.440. The Hall–Kier alpha value is -1.49. The maximum Gasteiger partial charge on any atom is 0.113 e. The van der Waals surface area contributed by atoms with Crippen LogP contribution in [0.25, 0.3) is 11.0 Å². The third kappa shape index (κ3) is 1.50. The van der Waals surface area contributed by atoms with Crippen molar-refractivity contribution in [3.8, 4) is 0 Å². The summed E-state index contributed by atoms with van der Waals surface area (Å²) < 4.78 is 1.69. The summed E-state index contributed by atoms with van der Waals surface area (Å²) in [5, 5.41) is 7.90. The number of para-hydroxylation sites is 1. The van der Waals surface area contributed by atoms with Crippen LogP contribution >= 0.6 is 12.2 Å². The Morgan fingerprint density at radius 2 is 2.23 bits per heavy atom. The van der Waals surface area contributed by atoms with Gasteiger partial charge in [0.15, 0.2) is 0 Å². The number of rotatable bonds is 2. The summed E-state index contributed by atoms with van der Waals surface area (Å²) in [6, 6.07) is 7.69. The second-order valence-corrected chi connectivity index (χ2v) is 3.23. The fourth-order valence-electron chi connectivity index (χ4n) is 1.18. The van der Waals surface area contributed by atoms with Crippen molar-refractivity contribution >= 4 is 28.2 Å². The van der Waals surface area contributed by atoms with Crippen LogP contribution in [0.15, 0.2) is 24.3 Å². The van der Waals surface area contributed by atoms with Crippen molar-refractivity contribution in [3.63, 3.8) is 0 Å². The van der Waals surface area contributed by atoms with Crippen LogP contribution < -0.4 is 5.73 Å². The van der Waals surface area contributed by atoms with E-state index < -0.39 is 0 Å². The largest absolute Gasteiger partial charge is 0.392 e. The molecule has 0 spiro atoms. The lowest BCUT2D eigenvalue weighted by Gasteiger charge is -1.98. The van der Waals surface area contributed by atoms with Crippen molar-refractivity contribution < 1.29 is 0 Å². The summed E-state index contributed by atoms with van der Waals surface area (Å²) in [7, 11) is 0. The number of nitrogens with zero attached hydrogens (tertiary/aromatic N) is 3. The van der Waals surface area contributed by atoms with Gasteiger partial charge in [-0.3, -0.25) is 0 Å². The molecule has 4 nitrogen and oxygen atoms in total. The van der Waals surface area contributed by atoms with Crippen LogP contribution in [0, 0.1) is 0 Å². The lowest BCUT2D eigenvalue weighted by molar-refractivity contribution is 0.702. The van der Waals surface area contributed by atoms with Crippen LogP contribution in [0.1, 0.15) is 0 Å². The smallest absolute Gasteiger partial charge is 0.113 e. The van der Waals surface area contributed by atoms with E-state index in [9.17, 15) is 0 Å². The molecule has 2 N–H and O–H groups in total. The average Bonchev–Trinajstić information content (AvgIpc) is 2.48. The zero-order valence-corrected chi connectivity index (χ0v) is 7.66. The van der Waals surface area contributed by atoms with Crippen molar-refractivity contribution in [1.29, 1.82) is 0 Å².